The van der Waals surface area contributed by atoms with Gasteiger partial charge in [0.15, 0.2) is 5.11 Å². The Balaban J connectivity index is 1.43. The first-order valence-corrected chi connectivity index (χ1v) is 11.9. The van der Waals surface area contributed by atoms with Gasteiger partial charge in [0, 0.05) is 23.8 Å². The van der Waals surface area contributed by atoms with Crippen LogP contribution >= 0.6 is 23.8 Å². The highest BCUT2D eigenvalue weighted by molar-refractivity contribution is 7.80. The first-order chi connectivity index (χ1) is 16.5. The number of anilines is 2. The number of hydrogen-bond acceptors (Lipinski definition) is 4. The summed E-state index contributed by atoms with van der Waals surface area (Å²) in [6, 6.07) is 23.3. The molecule has 1 fully saturated rings. The van der Waals surface area contributed by atoms with Crippen LogP contribution in [0.4, 0.5) is 11.4 Å². The first kappa shape index (κ1) is 22.3. The van der Waals surface area contributed by atoms with Crippen LogP contribution in [0.15, 0.2) is 78.4 Å². The molecule has 0 aromatic heterocycles. The second-order valence-electron chi connectivity index (χ2n) is 8.33. The summed E-state index contributed by atoms with van der Waals surface area (Å²) >= 11 is 11.2. The van der Waals surface area contributed by atoms with E-state index in [9.17, 15) is 9.59 Å². The third-order valence-electron chi connectivity index (χ3n) is 6.03. The van der Waals surface area contributed by atoms with Gasteiger partial charge in [-0.15, -0.1) is 0 Å². The Morgan fingerprint density at radius 2 is 1.76 bits per heavy atom. The van der Waals surface area contributed by atoms with E-state index in [4.69, 9.17) is 23.8 Å². The van der Waals surface area contributed by atoms with Crippen LogP contribution in [0.25, 0.3) is 6.08 Å². The minimum Gasteiger partial charge on any atom is -0.367 e. The average Bonchev–Trinajstić information content (AvgIpc) is 2.83. The normalized spacial score (nSPS) is 17.1. The maximum absolute atomic E-state index is 13.2. The van der Waals surface area contributed by atoms with Crippen LogP contribution in [0.1, 0.15) is 23.1 Å². The van der Waals surface area contributed by atoms with E-state index in [1.54, 1.807) is 30.3 Å². The van der Waals surface area contributed by atoms with E-state index in [1.807, 2.05) is 12.1 Å². The lowest BCUT2D eigenvalue weighted by molar-refractivity contribution is -0.122. The predicted octanol–water partition coefficient (Wildman–Crippen LogP) is 5.12. The highest BCUT2D eigenvalue weighted by Crippen LogP contribution is 2.31. The molecule has 3 aromatic rings. The summed E-state index contributed by atoms with van der Waals surface area (Å²) in [5.41, 5.74) is 5.07. The molecule has 0 atom stereocenters. The summed E-state index contributed by atoms with van der Waals surface area (Å²) in [6.45, 7) is 1.85. The van der Waals surface area contributed by atoms with Gasteiger partial charge in [-0.05, 0) is 84.2 Å². The fourth-order valence-corrected chi connectivity index (χ4v) is 4.81. The zero-order chi connectivity index (χ0) is 23.7. The monoisotopic (exact) mass is 487 g/mol. The number of aryl methyl sites for hydroxylation is 1. The molecule has 3 aromatic carbocycles. The van der Waals surface area contributed by atoms with E-state index < -0.39 is 11.8 Å². The number of nitrogens with one attached hydrogen (secondary N) is 1. The number of hydrogen-bond donors (Lipinski definition) is 1. The van der Waals surface area contributed by atoms with Gasteiger partial charge in [0.05, 0.1) is 5.69 Å². The fraction of sp³-hybridized carbons (Fsp3) is 0.148. The Hall–Kier alpha value is -3.48. The Kier molecular flexibility index (Phi) is 6.18. The molecule has 0 spiro atoms. The molecule has 34 heavy (non-hydrogen) atoms. The molecule has 7 heteroatoms. The second kappa shape index (κ2) is 9.41. The number of carbonyl (C=O) groups is 2. The zero-order valence-electron chi connectivity index (χ0n) is 18.3. The van der Waals surface area contributed by atoms with Crippen molar-refractivity contribution >= 4 is 58.2 Å². The second-order valence-corrected chi connectivity index (χ2v) is 9.16. The van der Waals surface area contributed by atoms with Crippen molar-refractivity contribution in [2.75, 3.05) is 16.3 Å². The molecule has 1 saturated heterocycles. The van der Waals surface area contributed by atoms with Crippen molar-refractivity contribution in [1.82, 2.24) is 5.32 Å². The SMILES string of the molecule is O=C1NC(=S)N(c2ccc(Cl)cc2)C(=O)C1=Cc1ccc2c(c1)CCCN2Cc1ccccc1. The third kappa shape index (κ3) is 4.47. The van der Waals surface area contributed by atoms with E-state index in [-0.39, 0.29) is 10.7 Å². The number of carbonyl (C=O) groups excluding carboxylic acids is 2. The standard InChI is InChI=1S/C27H22ClN3O2S/c28-21-9-11-22(12-10-21)31-26(33)23(25(32)29-27(31)34)16-19-8-13-24-20(15-19)7-4-14-30(24)17-18-5-2-1-3-6-18/h1-3,5-6,8-13,15-16H,4,7,14,17H2,(H,29,32,34). The Morgan fingerprint density at radius 1 is 1.00 bits per heavy atom. The number of thiocarbonyl (C=S) groups is 1. The van der Waals surface area contributed by atoms with E-state index in [0.717, 1.165) is 31.5 Å². The minimum atomic E-state index is -0.497. The molecule has 2 amide bonds. The molecule has 2 aliphatic rings. The quantitative estimate of drug-likeness (QED) is 0.315. The summed E-state index contributed by atoms with van der Waals surface area (Å²) < 4.78 is 0. The highest BCUT2D eigenvalue weighted by atomic mass is 35.5. The maximum atomic E-state index is 13.2. The Labute approximate surface area is 208 Å². The van der Waals surface area contributed by atoms with Crippen LogP contribution in [0.3, 0.4) is 0 Å². The lowest BCUT2D eigenvalue weighted by Gasteiger charge is -2.32. The van der Waals surface area contributed by atoms with Gasteiger partial charge in [0.1, 0.15) is 5.57 Å². The van der Waals surface area contributed by atoms with Crippen LogP contribution < -0.4 is 15.1 Å². The van der Waals surface area contributed by atoms with Gasteiger partial charge in [0.25, 0.3) is 11.8 Å². The predicted molar refractivity (Wildman–Crippen MR) is 140 cm³/mol. The number of benzene rings is 3. The fourth-order valence-electron chi connectivity index (χ4n) is 4.40. The molecule has 5 rings (SSSR count). The van der Waals surface area contributed by atoms with Gasteiger partial charge < -0.3 is 4.90 Å². The molecule has 0 radical (unpaired) electrons. The Morgan fingerprint density at radius 3 is 2.53 bits per heavy atom. The van der Waals surface area contributed by atoms with Crippen molar-refractivity contribution in [2.24, 2.45) is 0 Å². The molecule has 0 saturated carbocycles. The van der Waals surface area contributed by atoms with Crippen molar-refractivity contribution in [2.45, 2.75) is 19.4 Å². The molecule has 0 bridgehead atoms. The van der Waals surface area contributed by atoms with Crippen LogP contribution in [-0.2, 0) is 22.6 Å². The van der Waals surface area contributed by atoms with Crippen molar-refractivity contribution in [3.8, 4) is 0 Å². The molecule has 1 N–H and O–H groups in total. The summed E-state index contributed by atoms with van der Waals surface area (Å²) in [5, 5.41) is 3.23. The maximum Gasteiger partial charge on any atom is 0.270 e. The topological polar surface area (TPSA) is 52.7 Å². The van der Waals surface area contributed by atoms with E-state index >= 15 is 0 Å². The van der Waals surface area contributed by atoms with Gasteiger partial charge in [-0.1, -0.05) is 48.0 Å². The molecule has 2 heterocycles. The van der Waals surface area contributed by atoms with Gasteiger partial charge in [-0.2, -0.15) is 0 Å². The summed E-state index contributed by atoms with van der Waals surface area (Å²) in [6.07, 6.45) is 3.65. The third-order valence-corrected chi connectivity index (χ3v) is 6.57. The minimum absolute atomic E-state index is 0.0421. The van der Waals surface area contributed by atoms with Crippen molar-refractivity contribution in [3.05, 3.63) is 100 Å². The van der Waals surface area contributed by atoms with Crippen LogP contribution in [0.5, 0.6) is 0 Å². The van der Waals surface area contributed by atoms with Gasteiger partial charge in [-0.25, -0.2) is 0 Å². The number of amides is 2. The number of rotatable bonds is 4. The van der Waals surface area contributed by atoms with Gasteiger partial charge in [0.2, 0.25) is 0 Å². The smallest absolute Gasteiger partial charge is 0.270 e. The number of fused-ring (bicyclic) bond motifs is 1. The van der Waals surface area contributed by atoms with Crippen molar-refractivity contribution in [1.29, 1.82) is 0 Å². The molecule has 0 aliphatic carbocycles. The van der Waals surface area contributed by atoms with E-state index in [1.165, 1.54) is 21.7 Å². The van der Waals surface area contributed by atoms with Crippen molar-refractivity contribution in [3.63, 3.8) is 0 Å². The molecular weight excluding hydrogens is 466 g/mol. The zero-order valence-corrected chi connectivity index (χ0v) is 19.9. The first-order valence-electron chi connectivity index (χ1n) is 11.1. The van der Waals surface area contributed by atoms with E-state index in [0.29, 0.717) is 10.7 Å². The van der Waals surface area contributed by atoms with E-state index in [2.05, 4.69) is 46.6 Å². The molecular formula is C27H22ClN3O2S. The molecule has 2 aliphatic heterocycles. The van der Waals surface area contributed by atoms with Gasteiger partial charge in [-0.3, -0.25) is 19.8 Å². The van der Waals surface area contributed by atoms with Gasteiger partial charge >= 0.3 is 0 Å². The van der Waals surface area contributed by atoms with Crippen LogP contribution in [-0.4, -0.2) is 23.5 Å². The van der Waals surface area contributed by atoms with Crippen molar-refractivity contribution < 1.29 is 9.59 Å². The summed E-state index contributed by atoms with van der Waals surface area (Å²) in [5.74, 6) is -0.955. The highest BCUT2D eigenvalue weighted by Gasteiger charge is 2.34. The summed E-state index contributed by atoms with van der Waals surface area (Å²) in [7, 11) is 0. The number of halogens is 1. The summed E-state index contributed by atoms with van der Waals surface area (Å²) in [4.78, 5) is 29.6. The average molecular weight is 488 g/mol. The Bertz CT molecular complexity index is 1310. The lowest BCUT2D eigenvalue weighted by atomic mass is 9.97. The molecule has 0 unspecified atom stereocenters. The molecule has 170 valence electrons. The van der Waals surface area contributed by atoms with Crippen LogP contribution in [0.2, 0.25) is 5.02 Å². The largest absolute Gasteiger partial charge is 0.367 e. The lowest BCUT2D eigenvalue weighted by Crippen LogP contribution is -2.54. The molecule has 5 nitrogen and oxygen atoms in total. The van der Waals surface area contributed by atoms with Crippen LogP contribution in [0, 0.1) is 0 Å². The number of nitrogens with zero attached hydrogens (tertiary/aromatic N) is 2.